The number of aliphatic hydroxyl groups excluding tert-OH is 1. The highest BCUT2D eigenvalue weighted by atomic mass is 16.5. The molecule has 1 aliphatic rings. The lowest BCUT2D eigenvalue weighted by atomic mass is 9.98. The fourth-order valence-electron chi connectivity index (χ4n) is 2.26. The third kappa shape index (κ3) is 6.46. The molecule has 0 radical (unpaired) electrons. The number of ether oxygens (including phenoxy) is 1. The van der Waals surface area contributed by atoms with Gasteiger partial charge >= 0.3 is 0 Å². The van der Waals surface area contributed by atoms with Crippen LogP contribution in [-0.2, 0) is 4.74 Å². The van der Waals surface area contributed by atoms with E-state index >= 15 is 0 Å². The van der Waals surface area contributed by atoms with Crippen LogP contribution in [0.25, 0.3) is 0 Å². The Morgan fingerprint density at radius 2 is 2.06 bits per heavy atom. The maximum atomic E-state index is 8.70. The Hall–Kier alpha value is -0.120. The van der Waals surface area contributed by atoms with Gasteiger partial charge in [-0.2, -0.15) is 0 Å². The van der Waals surface area contributed by atoms with E-state index in [0.29, 0.717) is 18.8 Å². The molecule has 0 aromatic rings. The van der Waals surface area contributed by atoms with E-state index in [1.165, 1.54) is 32.1 Å². The topological polar surface area (TPSA) is 41.5 Å². The van der Waals surface area contributed by atoms with Crippen molar-refractivity contribution in [2.75, 3.05) is 19.8 Å². The first-order chi connectivity index (χ1) is 7.83. The van der Waals surface area contributed by atoms with Crippen molar-refractivity contribution in [1.82, 2.24) is 5.32 Å². The van der Waals surface area contributed by atoms with E-state index in [2.05, 4.69) is 12.2 Å². The summed E-state index contributed by atoms with van der Waals surface area (Å²) in [6.45, 7) is 4.22. The predicted molar refractivity (Wildman–Crippen MR) is 66.6 cm³/mol. The molecule has 0 aromatic carbocycles. The van der Waals surface area contributed by atoms with Crippen LogP contribution in [0.3, 0.4) is 0 Å². The Kier molecular flexibility index (Phi) is 7.81. The Morgan fingerprint density at radius 3 is 2.75 bits per heavy atom. The number of nitrogens with one attached hydrogen (secondary N) is 1. The van der Waals surface area contributed by atoms with Gasteiger partial charge in [0, 0.05) is 19.2 Å². The number of aliphatic hydroxyl groups is 1. The second kappa shape index (κ2) is 8.97. The van der Waals surface area contributed by atoms with Gasteiger partial charge in [0.25, 0.3) is 0 Å². The minimum atomic E-state index is 0.296. The molecule has 0 spiro atoms. The van der Waals surface area contributed by atoms with Crippen molar-refractivity contribution in [3.05, 3.63) is 0 Å². The first-order valence-electron chi connectivity index (χ1n) is 6.78. The second-order valence-corrected chi connectivity index (χ2v) is 4.85. The quantitative estimate of drug-likeness (QED) is 0.626. The van der Waals surface area contributed by atoms with Gasteiger partial charge in [-0.15, -0.1) is 0 Å². The van der Waals surface area contributed by atoms with Crippen LogP contribution in [0.15, 0.2) is 0 Å². The molecule has 3 nitrogen and oxygen atoms in total. The molecule has 0 heterocycles. The van der Waals surface area contributed by atoms with Crippen molar-refractivity contribution >= 4 is 0 Å². The summed E-state index contributed by atoms with van der Waals surface area (Å²) in [6.07, 6.45) is 9.01. The number of hydrogen-bond acceptors (Lipinski definition) is 3. The Bertz CT molecular complexity index is 158. The van der Waals surface area contributed by atoms with Gasteiger partial charge in [0.1, 0.15) is 0 Å². The standard InChI is InChI=1S/C13H27NO2/c1-12(6-5-10-15)14-9-11-16-13-7-3-2-4-8-13/h12-15H,2-11H2,1H3. The van der Waals surface area contributed by atoms with Gasteiger partial charge in [-0.25, -0.2) is 0 Å². The Balaban J connectivity index is 1.90. The summed E-state index contributed by atoms with van der Waals surface area (Å²) in [4.78, 5) is 0. The molecule has 0 bridgehead atoms. The highest BCUT2D eigenvalue weighted by Gasteiger charge is 2.13. The molecule has 0 aromatic heterocycles. The summed E-state index contributed by atoms with van der Waals surface area (Å²) >= 11 is 0. The third-order valence-electron chi connectivity index (χ3n) is 3.30. The van der Waals surface area contributed by atoms with E-state index in [1.54, 1.807) is 0 Å². The highest BCUT2D eigenvalue weighted by Crippen LogP contribution is 2.19. The van der Waals surface area contributed by atoms with Gasteiger partial charge in [-0.05, 0) is 32.6 Å². The van der Waals surface area contributed by atoms with Crippen molar-refractivity contribution in [1.29, 1.82) is 0 Å². The molecule has 3 heteroatoms. The van der Waals surface area contributed by atoms with E-state index in [-0.39, 0.29) is 0 Å². The summed E-state index contributed by atoms with van der Waals surface area (Å²) in [5.41, 5.74) is 0. The lowest BCUT2D eigenvalue weighted by Gasteiger charge is -2.22. The first kappa shape index (κ1) is 13.9. The van der Waals surface area contributed by atoms with Gasteiger partial charge < -0.3 is 15.2 Å². The molecule has 0 amide bonds. The first-order valence-corrected chi connectivity index (χ1v) is 6.78. The summed E-state index contributed by atoms with van der Waals surface area (Å²) in [6, 6.07) is 0.488. The van der Waals surface area contributed by atoms with Gasteiger partial charge in [-0.3, -0.25) is 0 Å². The molecule has 1 aliphatic carbocycles. The average Bonchev–Trinajstić information content (AvgIpc) is 2.33. The normalized spacial score (nSPS) is 19.9. The van der Waals surface area contributed by atoms with Gasteiger partial charge in [0.15, 0.2) is 0 Å². The van der Waals surface area contributed by atoms with Gasteiger partial charge in [0.05, 0.1) is 12.7 Å². The largest absolute Gasteiger partial charge is 0.396 e. The summed E-state index contributed by atoms with van der Waals surface area (Å²) < 4.78 is 5.83. The van der Waals surface area contributed by atoms with Gasteiger partial charge in [-0.1, -0.05) is 19.3 Å². The molecule has 1 unspecified atom stereocenters. The molecule has 1 fully saturated rings. The van der Waals surface area contributed by atoms with E-state index < -0.39 is 0 Å². The van der Waals surface area contributed by atoms with Crippen LogP contribution in [0.4, 0.5) is 0 Å². The van der Waals surface area contributed by atoms with E-state index in [0.717, 1.165) is 26.0 Å². The molecule has 2 N–H and O–H groups in total. The molecule has 1 saturated carbocycles. The van der Waals surface area contributed by atoms with E-state index in [1.807, 2.05) is 0 Å². The Morgan fingerprint density at radius 1 is 1.31 bits per heavy atom. The summed E-state index contributed by atoms with van der Waals surface area (Å²) in [7, 11) is 0. The zero-order valence-corrected chi connectivity index (χ0v) is 10.6. The van der Waals surface area contributed by atoms with Crippen LogP contribution in [0.5, 0.6) is 0 Å². The van der Waals surface area contributed by atoms with Crippen molar-refractivity contribution in [3.8, 4) is 0 Å². The van der Waals surface area contributed by atoms with Crippen LogP contribution >= 0.6 is 0 Å². The van der Waals surface area contributed by atoms with Crippen LogP contribution < -0.4 is 5.32 Å². The highest BCUT2D eigenvalue weighted by molar-refractivity contribution is 4.66. The summed E-state index contributed by atoms with van der Waals surface area (Å²) in [5, 5.41) is 12.1. The monoisotopic (exact) mass is 229 g/mol. The van der Waals surface area contributed by atoms with Crippen LogP contribution in [0.1, 0.15) is 51.9 Å². The molecule has 0 aliphatic heterocycles. The minimum absolute atomic E-state index is 0.296. The van der Waals surface area contributed by atoms with E-state index in [4.69, 9.17) is 9.84 Å². The molecule has 16 heavy (non-hydrogen) atoms. The molecule has 0 saturated heterocycles. The number of rotatable bonds is 8. The maximum Gasteiger partial charge on any atom is 0.0594 e. The molecular weight excluding hydrogens is 202 g/mol. The second-order valence-electron chi connectivity index (χ2n) is 4.85. The van der Waals surface area contributed by atoms with Crippen molar-refractivity contribution in [2.45, 2.75) is 64.0 Å². The molecule has 1 rings (SSSR count). The smallest absolute Gasteiger partial charge is 0.0594 e. The minimum Gasteiger partial charge on any atom is -0.396 e. The lowest BCUT2D eigenvalue weighted by Crippen LogP contribution is -2.31. The summed E-state index contributed by atoms with van der Waals surface area (Å²) in [5.74, 6) is 0. The molecule has 1 atom stereocenters. The molecular formula is C13H27NO2. The van der Waals surface area contributed by atoms with E-state index in [9.17, 15) is 0 Å². The van der Waals surface area contributed by atoms with Crippen LogP contribution in [0.2, 0.25) is 0 Å². The maximum absolute atomic E-state index is 8.70. The fraction of sp³-hybridized carbons (Fsp3) is 1.00. The van der Waals surface area contributed by atoms with Crippen molar-refractivity contribution < 1.29 is 9.84 Å². The third-order valence-corrected chi connectivity index (χ3v) is 3.30. The zero-order valence-electron chi connectivity index (χ0n) is 10.6. The predicted octanol–water partition coefficient (Wildman–Crippen LogP) is 2.09. The fourth-order valence-corrected chi connectivity index (χ4v) is 2.26. The number of hydrogen-bond donors (Lipinski definition) is 2. The van der Waals surface area contributed by atoms with Crippen LogP contribution in [0, 0.1) is 0 Å². The lowest BCUT2D eigenvalue weighted by molar-refractivity contribution is 0.0294. The van der Waals surface area contributed by atoms with Crippen molar-refractivity contribution in [2.24, 2.45) is 0 Å². The Labute approximate surface area is 99.6 Å². The average molecular weight is 229 g/mol. The SMILES string of the molecule is CC(CCCO)NCCOC1CCCCC1. The van der Waals surface area contributed by atoms with Crippen molar-refractivity contribution in [3.63, 3.8) is 0 Å². The van der Waals surface area contributed by atoms with Gasteiger partial charge in [0.2, 0.25) is 0 Å². The zero-order chi connectivity index (χ0) is 11.6. The van der Waals surface area contributed by atoms with Crippen LogP contribution in [-0.4, -0.2) is 37.0 Å². The molecule has 96 valence electrons.